The third kappa shape index (κ3) is 6.86. The lowest BCUT2D eigenvalue weighted by Crippen LogP contribution is -2.35. The van der Waals surface area contributed by atoms with E-state index in [1.165, 1.54) is 6.42 Å². The monoisotopic (exact) mass is 426 g/mol. The Morgan fingerprint density at radius 1 is 1.15 bits per heavy atom. The molecule has 0 aromatic heterocycles. The highest BCUT2D eigenvalue weighted by atomic mass is 79.9. The number of hydrogen-bond acceptors (Lipinski definition) is 4. The molecule has 6 nitrogen and oxygen atoms in total. The first-order valence-electron chi connectivity index (χ1n) is 8.94. The standard InChI is InChI=1S/C19H27BrN2O4/c1-19(2,3)26-18(24)21-7-10-25-16-12-14(11-15(20)13-16)17(23)22-8-5-4-6-9-22/h11-13H,4-10H2,1-3H3,(H,21,24). The van der Waals surface area contributed by atoms with Gasteiger partial charge in [0.15, 0.2) is 0 Å². The molecular weight excluding hydrogens is 400 g/mol. The van der Waals surface area contributed by atoms with Crippen molar-refractivity contribution in [2.45, 2.75) is 45.6 Å². The van der Waals surface area contributed by atoms with Crippen LogP contribution in [-0.2, 0) is 4.74 Å². The maximum absolute atomic E-state index is 12.6. The summed E-state index contributed by atoms with van der Waals surface area (Å²) >= 11 is 3.43. The Bertz CT molecular complexity index is 637. The van der Waals surface area contributed by atoms with Gasteiger partial charge in [-0.2, -0.15) is 0 Å². The van der Waals surface area contributed by atoms with Crippen molar-refractivity contribution in [2.24, 2.45) is 0 Å². The third-order valence-electron chi connectivity index (χ3n) is 3.80. The predicted molar refractivity (Wildman–Crippen MR) is 104 cm³/mol. The van der Waals surface area contributed by atoms with Crippen LogP contribution in [-0.4, -0.2) is 48.7 Å². The Kier molecular flexibility index (Phi) is 7.32. The predicted octanol–water partition coefficient (Wildman–Crippen LogP) is 3.98. The fourth-order valence-corrected chi connectivity index (χ4v) is 3.16. The molecule has 0 atom stereocenters. The summed E-state index contributed by atoms with van der Waals surface area (Å²) in [5.41, 5.74) is 0.0789. The molecule has 0 saturated carbocycles. The van der Waals surface area contributed by atoms with Crippen LogP contribution in [0.15, 0.2) is 22.7 Å². The molecule has 26 heavy (non-hydrogen) atoms. The molecule has 0 bridgehead atoms. The van der Waals surface area contributed by atoms with Crippen molar-refractivity contribution in [1.29, 1.82) is 0 Å². The number of piperidine rings is 1. The number of amides is 2. The zero-order chi connectivity index (χ0) is 19.2. The fraction of sp³-hybridized carbons (Fsp3) is 0.579. The van der Waals surface area contributed by atoms with Gasteiger partial charge in [0.2, 0.25) is 0 Å². The van der Waals surface area contributed by atoms with Crippen LogP contribution in [0.1, 0.15) is 50.4 Å². The molecule has 0 aliphatic carbocycles. The number of likely N-dealkylation sites (tertiary alicyclic amines) is 1. The lowest BCUT2D eigenvalue weighted by Gasteiger charge is -2.27. The van der Waals surface area contributed by atoms with Gasteiger partial charge in [0, 0.05) is 23.1 Å². The second kappa shape index (κ2) is 9.26. The molecule has 1 aliphatic rings. The number of hydrogen-bond donors (Lipinski definition) is 1. The Labute approximate surface area is 163 Å². The third-order valence-corrected chi connectivity index (χ3v) is 4.26. The maximum Gasteiger partial charge on any atom is 0.407 e. The molecule has 1 aromatic carbocycles. The number of ether oxygens (including phenoxy) is 2. The van der Waals surface area contributed by atoms with E-state index < -0.39 is 11.7 Å². The Hall–Kier alpha value is -1.76. The SMILES string of the molecule is CC(C)(C)OC(=O)NCCOc1cc(Br)cc(C(=O)N2CCCCC2)c1. The Morgan fingerprint density at radius 3 is 2.50 bits per heavy atom. The molecule has 144 valence electrons. The summed E-state index contributed by atoms with van der Waals surface area (Å²) in [5.74, 6) is 0.619. The molecular formula is C19H27BrN2O4. The van der Waals surface area contributed by atoms with E-state index in [-0.39, 0.29) is 12.5 Å². The van der Waals surface area contributed by atoms with Crippen LogP contribution in [0, 0.1) is 0 Å². The van der Waals surface area contributed by atoms with Crippen molar-refractivity contribution < 1.29 is 19.1 Å². The minimum Gasteiger partial charge on any atom is -0.492 e. The number of nitrogens with one attached hydrogen (secondary N) is 1. The van der Waals surface area contributed by atoms with E-state index in [0.29, 0.717) is 17.9 Å². The minimum absolute atomic E-state index is 0.0303. The van der Waals surface area contributed by atoms with Gasteiger partial charge in [-0.15, -0.1) is 0 Å². The Balaban J connectivity index is 1.87. The Morgan fingerprint density at radius 2 is 1.85 bits per heavy atom. The van der Waals surface area contributed by atoms with Gasteiger partial charge in [0.05, 0.1) is 6.54 Å². The number of rotatable bonds is 5. The summed E-state index contributed by atoms with van der Waals surface area (Å²) in [7, 11) is 0. The van der Waals surface area contributed by atoms with E-state index in [9.17, 15) is 9.59 Å². The normalized spacial score (nSPS) is 14.7. The summed E-state index contributed by atoms with van der Waals surface area (Å²) in [5, 5.41) is 2.64. The number of benzene rings is 1. The molecule has 1 heterocycles. The van der Waals surface area contributed by atoms with E-state index in [0.717, 1.165) is 30.4 Å². The van der Waals surface area contributed by atoms with Gasteiger partial charge in [-0.05, 0) is 58.2 Å². The minimum atomic E-state index is -0.529. The second-order valence-electron chi connectivity index (χ2n) is 7.31. The van der Waals surface area contributed by atoms with Crippen molar-refractivity contribution >= 4 is 27.9 Å². The van der Waals surface area contributed by atoms with Gasteiger partial charge in [-0.25, -0.2) is 4.79 Å². The first-order valence-corrected chi connectivity index (χ1v) is 9.73. The molecule has 1 fully saturated rings. The van der Waals surface area contributed by atoms with E-state index in [1.54, 1.807) is 12.1 Å². The number of carbonyl (C=O) groups excluding carboxylic acids is 2. The van der Waals surface area contributed by atoms with Crippen LogP contribution in [0.3, 0.4) is 0 Å². The van der Waals surface area contributed by atoms with Gasteiger partial charge in [-0.1, -0.05) is 15.9 Å². The largest absolute Gasteiger partial charge is 0.492 e. The molecule has 0 radical (unpaired) electrons. The van der Waals surface area contributed by atoms with Crippen molar-refractivity contribution in [1.82, 2.24) is 10.2 Å². The van der Waals surface area contributed by atoms with Crippen LogP contribution < -0.4 is 10.1 Å². The van der Waals surface area contributed by atoms with Crippen LogP contribution in [0.25, 0.3) is 0 Å². The van der Waals surface area contributed by atoms with Crippen molar-refractivity contribution in [2.75, 3.05) is 26.2 Å². The fourth-order valence-electron chi connectivity index (χ4n) is 2.69. The van der Waals surface area contributed by atoms with E-state index in [1.807, 2.05) is 31.7 Å². The molecule has 0 spiro atoms. The van der Waals surface area contributed by atoms with Gasteiger partial charge in [0.1, 0.15) is 18.0 Å². The summed E-state index contributed by atoms with van der Waals surface area (Å²) in [6, 6.07) is 5.36. The molecule has 7 heteroatoms. The summed E-state index contributed by atoms with van der Waals surface area (Å²) in [4.78, 5) is 26.1. The van der Waals surface area contributed by atoms with Crippen molar-refractivity contribution in [3.8, 4) is 5.75 Å². The number of carbonyl (C=O) groups is 2. The van der Waals surface area contributed by atoms with Crippen molar-refractivity contribution in [3.63, 3.8) is 0 Å². The molecule has 0 unspecified atom stereocenters. The molecule has 1 aliphatic heterocycles. The van der Waals surface area contributed by atoms with Crippen LogP contribution >= 0.6 is 15.9 Å². The summed E-state index contributed by atoms with van der Waals surface area (Å²) in [6.07, 6.45) is 2.82. The van der Waals surface area contributed by atoms with Crippen LogP contribution in [0.5, 0.6) is 5.75 Å². The highest BCUT2D eigenvalue weighted by molar-refractivity contribution is 9.10. The lowest BCUT2D eigenvalue weighted by atomic mass is 10.1. The van der Waals surface area contributed by atoms with Gasteiger partial charge in [0.25, 0.3) is 5.91 Å². The highest BCUT2D eigenvalue weighted by Gasteiger charge is 2.19. The average molecular weight is 427 g/mol. The van der Waals surface area contributed by atoms with E-state index >= 15 is 0 Å². The van der Waals surface area contributed by atoms with Crippen LogP contribution in [0.4, 0.5) is 4.79 Å². The highest BCUT2D eigenvalue weighted by Crippen LogP contribution is 2.23. The maximum atomic E-state index is 12.6. The number of halogens is 1. The first kappa shape index (κ1) is 20.6. The molecule has 1 N–H and O–H groups in total. The quantitative estimate of drug-likeness (QED) is 0.722. The van der Waals surface area contributed by atoms with Gasteiger partial charge in [-0.3, -0.25) is 4.79 Å². The zero-order valence-electron chi connectivity index (χ0n) is 15.6. The average Bonchev–Trinajstić information content (AvgIpc) is 2.57. The summed E-state index contributed by atoms with van der Waals surface area (Å²) < 4.78 is 11.6. The van der Waals surface area contributed by atoms with E-state index in [2.05, 4.69) is 21.2 Å². The smallest absolute Gasteiger partial charge is 0.407 e. The molecule has 1 aromatic rings. The van der Waals surface area contributed by atoms with Gasteiger partial charge >= 0.3 is 6.09 Å². The van der Waals surface area contributed by atoms with Crippen LogP contribution in [0.2, 0.25) is 0 Å². The topological polar surface area (TPSA) is 67.9 Å². The molecule has 2 rings (SSSR count). The van der Waals surface area contributed by atoms with E-state index in [4.69, 9.17) is 9.47 Å². The first-order chi connectivity index (χ1) is 12.2. The second-order valence-corrected chi connectivity index (χ2v) is 8.22. The van der Waals surface area contributed by atoms with Gasteiger partial charge < -0.3 is 19.7 Å². The van der Waals surface area contributed by atoms with Crippen molar-refractivity contribution in [3.05, 3.63) is 28.2 Å². The lowest BCUT2D eigenvalue weighted by molar-refractivity contribution is 0.0520. The molecule has 1 saturated heterocycles. The summed E-state index contributed by atoms with van der Waals surface area (Å²) in [6.45, 7) is 7.65. The number of alkyl carbamates (subject to hydrolysis) is 1. The molecule has 2 amide bonds. The number of nitrogens with zero attached hydrogens (tertiary/aromatic N) is 1. The zero-order valence-corrected chi connectivity index (χ0v) is 17.2.